The maximum absolute atomic E-state index is 13.0. The number of carbonyl (C=O) groups excluding carboxylic acids is 1. The van der Waals surface area contributed by atoms with Gasteiger partial charge in [-0.25, -0.2) is 14.3 Å². The van der Waals surface area contributed by atoms with Crippen molar-refractivity contribution in [1.82, 2.24) is 19.4 Å². The Hall–Kier alpha value is -2.89. The second-order valence-corrected chi connectivity index (χ2v) is 6.58. The SMILES string of the molecule is Cc1ccc(-n2c(=O)n(CC(=O)NCC(C)C)c3cccnc32)cc1. The van der Waals surface area contributed by atoms with Gasteiger partial charge < -0.3 is 5.32 Å². The fourth-order valence-corrected chi connectivity index (χ4v) is 2.68. The summed E-state index contributed by atoms with van der Waals surface area (Å²) in [6.45, 7) is 6.61. The molecule has 6 nitrogen and oxygen atoms in total. The normalized spacial score (nSPS) is 11.2. The van der Waals surface area contributed by atoms with E-state index >= 15 is 0 Å². The van der Waals surface area contributed by atoms with Crippen molar-refractivity contribution in [3.8, 4) is 5.69 Å². The molecule has 6 heteroatoms. The molecule has 2 aromatic heterocycles. The third kappa shape index (κ3) is 3.47. The number of aromatic nitrogens is 3. The molecule has 0 spiro atoms. The Morgan fingerprint density at radius 2 is 1.92 bits per heavy atom. The third-order valence-corrected chi connectivity index (χ3v) is 3.99. The van der Waals surface area contributed by atoms with E-state index in [-0.39, 0.29) is 18.1 Å². The largest absolute Gasteiger partial charge is 0.354 e. The molecule has 0 aliphatic rings. The number of nitrogens with one attached hydrogen (secondary N) is 1. The van der Waals surface area contributed by atoms with Gasteiger partial charge in [0, 0.05) is 12.7 Å². The van der Waals surface area contributed by atoms with Crippen molar-refractivity contribution in [2.75, 3.05) is 6.54 Å². The van der Waals surface area contributed by atoms with E-state index in [0.717, 1.165) is 11.3 Å². The second-order valence-electron chi connectivity index (χ2n) is 6.58. The monoisotopic (exact) mass is 338 g/mol. The smallest absolute Gasteiger partial charge is 0.335 e. The Morgan fingerprint density at radius 1 is 1.20 bits per heavy atom. The van der Waals surface area contributed by atoms with Crippen molar-refractivity contribution in [2.45, 2.75) is 27.3 Å². The Kier molecular flexibility index (Phi) is 4.70. The summed E-state index contributed by atoms with van der Waals surface area (Å²) in [5, 5.41) is 2.85. The lowest BCUT2D eigenvalue weighted by molar-refractivity contribution is -0.121. The highest BCUT2D eigenvalue weighted by atomic mass is 16.2. The first-order chi connectivity index (χ1) is 12.0. The minimum atomic E-state index is -0.266. The lowest BCUT2D eigenvalue weighted by Crippen LogP contribution is -2.34. The highest BCUT2D eigenvalue weighted by Gasteiger charge is 2.17. The Morgan fingerprint density at radius 3 is 2.60 bits per heavy atom. The van der Waals surface area contributed by atoms with Crippen LogP contribution in [0.15, 0.2) is 47.4 Å². The zero-order valence-corrected chi connectivity index (χ0v) is 14.7. The fraction of sp³-hybridized carbons (Fsp3) is 0.316. The molecule has 1 aromatic carbocycles. The summed E-state index contributed by atoms with van der Waals surface area (Å²) < 4.78 is 3.02. The standard InChI is InChI=1S/C19H22N4O2/c1-13(2)11-21-17(24)12-22-16-5-4-10-20-18(16)23(19(22)25)15-8-6-14(3)7-9-15/h4-10,13H,11-12H2,1-3H3,(H,21,24). The van der Waals surface area contributed by atoms with Crippen LogP contribution < -0.4 is 11.0 Å². The number of fused-ring (bicyclic) bond motifs is 1. The highest BCUT2D eigenvalue weighted by Crippen LogP contribution is 2.16. The van der Waals surface area contributed by atoms with Gasteiger partial charge in [0.2, 0.25) is 5.91 Å². The van der Waals surface area contributed by atoms with Gasteiger partial charge in [-0.15, -0.1) is 0 Å². The molecule has 130 valence electrons. The van der Waals surface area contributed by atoms with E-state index in [1.54, 1.807) is 16.8 Å². The highest BCUT2D eigenvalue weighted by molar-refractivity contribution is 5.80. The number of imidazole rings is 1. The summed E-state index contributed by atoms with van der Waals surface area (Å²) in [6.07, 6.45) is 1.65. The van der Waals surface area contributed by atoms with E-state index in [2.05, 4.69) is 10.3 Å². The molecule has 0 saturated heterocycles. The van der Waals surface area contributed by atoms with E-state index in [4.69, 9.17) is 0 Å². The number of hydrogen-bond donors (Lipinski definition) is 1. The summed E-state index contributed by atoms with van der Waals surface area (Å²) in [5.74, 6) is 0.179. The summed E-state index contributed by atoms with van der Waals surface area (Å²) in [5.41, 5.74) is 2.78. The molecule has 3 rings (SSSR count). The average molecular weight is 338 g/mol. The lowest BCUT2D eigenvalue weighted by Gasteiger charge is -2.08. The van der Waals surface area contributed by atoms with E-state index < -0.39 is 0 Å². The quantitative estimate of drug-likeness (QED) is 0.776. The van der Waals surface area contributed by atoms with Crippen molar-refractivity contribution in [1.29, 1.82) is 0 Å². The number of aryl methyl sites for hydroxylation is 1. The molecule has 0 unspecified atom stereocenters. The van der Waals surface area contributed by atoms with Gasteiger partial charge >= 0.3 is 5.69 Å². The summed E-state index contributed by atoms with van der Waals surface area (Å²) in [6, 6.07) is 11.2. The predicted octanol–water partition coefficient (Wildman–Crippen LogP) is 2.27. The molecule has 0 radical (unpaired) electrons. The Bertz CT molecular complexity index is 952. The van der Waals surface area contributed by atoms with Gasteiger partial charge in [0.1, 0.15) is 6.54 Å². The van der Waals surface area contributed by atoms with Gasteiger partial charge in [0.05, 0.1) is 11.2 Å². The molecule has 0 fully saturated rings. The molecule has 0 saturated carbocycles. The number of rotatable bonds is 5. The van der Waals surface area contributed by atoms with Crippen LogP contribution in [0.1, 0.15) is 19.4 Å². The lowest BCUT2D eigenvalue weighted by atomic mass is 10.2. The van der Waals surface area contributed by atoms with Gasteiger partial charge in [-0.2, -0.15) is 0 Å². The first kappa shape index (κ1) is 17.0. The van der Waals surface area contributed by atoms with Crippen molar-refractivity contribution in [2.24, 2.45) is 5.92 Å². The fourth-order valence-electron chi connectivity index (χ4n) is 2.68. The zero-order valence-electron chi connectivity index (χ0n) is 14.7. The minimum absolute atomic E-state index is 0.0212. The van der Waals surface area contributed by atoms with Gasteiger partial charge in [-0.3, -0.25) is 9.36 Å². The van der Waals surface area contributed by atoms with Crippen LogP contribution in [0.2, 0.25) is 0 Å². The van der Waals surface area contributed by atoms with Gasteiger partial charge in [0.15, 0.2) is 5.65 Å². The van der Waals surface area contributed by atoms with E-state index in [0.29, 0.717) is 23.6 Å². The molecule has 0 aliphatic carbocycles. The summed E-state index contributed by atoms with van der Waals surface area (Å²) in [7, 11) is 0. The van der Waals surface area contributed by atoms with Crippen LogP contribution in [0.3, 0.4) is 0 Å². The van der Waals surface area contributed by atoms with Gasteiger partial charge in [-0.1, -0.05) is 31.5 Å². The van der Waals surface area contributed by atoms with E-state index in [1.807, 2.05) is 51.1 Å². The number of carbonyl (C=O) groups is 1. The Labute approximate surface area is 146 Å². The molecule has 0 atom stereocenters. The maximum Gasteiger partial charge on any atom is 0.335 e. The third-order valence-electron chi connectivity index (χ3n) is 3.99. The van der Waals surface area contributed by atoms with Crippen molar-refractivity contribution >= 4 is 17.1 Å². The number of nitrogens with zero attached hydrogens (tertiary/aromatic N) is 3. The Balaban J connectivity index is 2.05. The van der Waals surface area contributed by atoms with Crippen molar-refractivity contribution in [3.05, 3.63) is 58.6 Å². The number of benzene rings is 1. The minimum Gasteiger partial charge on any atom is -0.354 e. The van der Waals surface area contributed by atoms with Gasteiger partial charge in [-0.05, 0) is 37.1 Å². The molecular weight excluding hydrogens is 316 g/mol. The zero-order chi connectivity index (χ0) is 18.0. The first-order valence-electron chi connectivity index (χ1n) is 8.37. The van der Waals surface area contributed by atoms with Crippen LogP contribution in [-0.4, -0.2) is 26.6 Å². The topological polar surface area (TPSA) is 68.9 Å². The molecular formula is C19H22N4O2. The van der Waals surface area contributed by atoms with Crippen LogP contribution in [0.25, 0.3) is 16.9 Å². The van der Waals surface area contributed by atoms with Crippen LogP contribution in [0.4, 0.5) is 0 Å². The van der Waals surface area contributed by atoms with Crippen LogP contribution >= 0.6 is 0 Å². The van der Waals surface area contributed by atoms with E-state index in [9.17, 15) is 9.59 Å². The number of hydrogen-bond acceptors (Lipinski definition) is 3. The first-order valence-corrected chi connectivity index (χ1v) is 8.37. The molecule has 2 heterocycles. The molecule has 1 amide bonds. The van der Waals surface area contributed by atoms with Crippen LogP contribution in [0.5, 0.6) is 0 Å². The van der Waals surface area contributed by atoms with Crippen LogP contribution in [-0.2, 0) is 11.3 Å². The second kappa shape index (κ2) is 6.93. The summed E-state index contributed by atoms with van der Waals surface area (Å²) in [4.78, 5) is 29.5. The molecule has 1 N–H and O–H groups in total. The van der Waals surface area contributed by atoms with E-state index in [1.165, 1.54) is 4.57 Å². The maximum atomic E-state index is 13.0. The van der Waals surface area contributed by atoms with Crippen molar-refractivity contribution in [3.63, 3.8) is 0 Å². The molecule has 0 aliphatic heterocycles. The molecule has 3 aromatic rings. The predicted molar refractivity (Wildman–Crippen MR) is 97.9 cm³/mol. The summed E-state index contributed by atoms with van der Waals surface area (Å²) >= 11 is 0. The van der Waals surface area contributed by atoms with Crippen molar-refractivity contribution < 1.29 is 4.79 Å². The number of pyridine rings is 1. The van der Waals surface area contributed by atoms with Gasteiger partial charge in [0.25, 0.3) is 0 Å². The van der Waals surface area contributed by atoms with Crippen LogP contribution in [0, 0.1) is 12.8 Å². The number of amides is 1. The average Bonchev–Trinajstić information content (AvgIpc) is 2.86. The molecule has 25 heavy (non-hydrogen) atoms. The molecule has 0 bridgehead atoms.